The maximum atomic E-state index is 13.2. The molecule has 0 spiro atoms. The van der Waals surface area contributed by atoms with E-state index in [2.05, 4.69) is 17.6 Å². The maximum Gasteiger partial charge on any atom is 0.305 e. The largest absolute Gasteiger partial charge is 0.463 e. The third-order valence-electron chi connectivity index (χ3n) is 10.9. The van der Waals surface area contributed by atoms with Gasteiger partial charge in [0.2, 0.25) is 17.7 Å². The second-order valence-corrected chi connectivity index (χ2v) is 16.5. The Morgan fingerprint density at radius 1 is 0.521 bits per heavy atom. The summed E-state index contributed by atoms with van der Waals surface area (Å²) in [7, 11) is 0. The van der Waals surface area contributed by atoms with Gasteiger partial charge in [-0.1, -0.05) is 51.5 Å². The first-order valence-electron chi connectivity index (χ1n) is 25.5. The van der Waals surface area contributed by atoms with Crippen LogP contribution >= 0.6 is 0 Å². The molecule has 2 aliphatic rings. The summed E-state index contributed by atoms with van der Waals surface area (Å²) in [5.41, 5.74) is 0.372. The van der Waals surface area contributed by atoms with Gasteiger partial charge in [-0.2, -0.15) is 0 Å². The lowest BCUT2D eigenvalue weighted by molar-refractivity contribution is -0.145. The SMILES string of the molecule is CCCCCCCCC(=O)OCCOCCOCCOCCOCCOCCOCCOCCOCCOCCOCCOCCCCCC(=O)Nc1cccc2c1C(=O)N(C1CCC(=O)NC1=O)C2=O. The number of carbonyl (C=O) groups is 6. The standard InChI is InChI=1S/C50H81N3O18/c1-2-3-4-5-6-9-15-46(56)71-40-39-70-38-37-69-36-35-68-34-33-67-32-31-66-30-29-65-28-27-64-26-25-63-24-23-62-22-21-61-20-19-60-18-10-7-8-14-44(54)51-42-13-11-12-41-47(42)50(59)53(49(41)58)43-16-17-45(55)52-48(43)57/h11-13,43H,2-10,14-40H2,1H3,(H,51,54)(H,52,55,57). The molecule has 0 aliphatic carbocycles. The summed E-state index contributed by atoms with van der Waals surface area (Å²) < 4.78 is 65.8. The second kappa shape index (κ2) is 41.5. The number of nitrogens with zero attached hydrogens (tertiary/aromatic N) is 1. The number of piperidine rings is 1. The van der Waals surface area contributed by atoms with Gasteiger partial charge in [-0.25, -0.2) is 0 Å². The number of esters is 1. The van der Waals surface area contributed by atoms with E-state index in [-0.39, 0.29) is 54.6 Å². The molecule has 1 atom stereocenters. The molecule has 404 valence electrons. The molecule has 0 radical (unpaired) electrons. The van der Waals surface area contributed by atoms with E-state index in [9.17, 15) is 28.8 Å². The van der Waals surface area contributed by atoms with Crippen LogP contribution in [0.2, 0.25) is 0 Å². The van der Waals surface area contributed by atoms with Gasteiger partial charge in [0.15, 0.2) is 0 Å². The Hall–Kier alpha value is -4.00. The minimum atomic E-state index is -1.08. The minimum Gasteiger partial charge on any atom is -0.463 e. The highest BCUT2D eigenvalue weighted by atomic mass is 16.6. The van der Waals surface area contributed by atoms with Crippen molar-refractivity contribution in [2.45, 2.75) is 96.4 Å². The second-order valence-electron chi connectivity index (χ2n) is 16.5. The first-order chi connectivity index (χ1) is 34.8. The number of nitrogens with one attached hydrogen (secondary N) is 2. The molecule has 21 nitrogen and oxygen atoms in total. The first kappa shape index (κ1) is 61.3. The number of unbranched alkanes of at least 4 members (excludes halogenated alkanes) is 7. The zero-order chi connectivity index (χ0) is 50.8. The van der Waals surface area contributed by atoms with Crippen LogP contribution in [-0.2, 0) is 76.0 Å². The summed E-state index contributed by atoms with van der Waals surface area (Å²) >= 11 is 0. The number of hydrogen-bond donors (Lipinski definition) is 2. The number of benzene rings is 1. The number of rotatable bonds is 48. The fourth-order valence-electron chi connectivity index (χ4n) is 7.14. The lowest BCUT2D eigenvalue weighted by atomic mass is 10.0. The average Bonchev–Trinajstić information content (AvgIpc) is 3.61. The van der Waals surface area contributed by atoms with E-state index in [1.165, 1.54) is 31.7 Å². The molecule has 0 bridgehead atoms. The molecule has 1 aromatic carbocycles. The molecular weight excluding hydrogens is 931 g/mol. The van der Waals surface area contributed by atoms with E-state index in [1.54, 1.807) is 12.1 Å². The van der Waals surface area contributed by atoms with Crippen molar-refractivity contribution in [3.63, 3.8) is 0 Å². The van der Waals surface area contributed by atoms with Crippen LogP contribution in [-0.4, -0.2) is 198 Å². The van der Waals surface area contributed by atoms with Gasteiger partial charge >= 0.3 is 5.97 Å². The topological polar surface area (TPSA) is 240 Å². The number of imide groups is 2. The minimum absolute atomic E-state index is 0.0248. The van der Waals surface area contributed by atoms with E-state index >= 15 is 0 Å². The molecule has 1 aromatic rings. The van der Waals surface area contributed by atoms with Gasteiger partial charge in [0, 0.05) is 25.9 Å². The fraction of sp³-hybridized carbons (Fsp3) is 0.760. The molecule has 5 amide bonds. The molecule has 0 aromatic heterocycles. The van der Waals surface area contributed by atoms with Crippen LogP contribution in [0.25, 0.3) is 0 Å². The molecule has 0 saturated carbocycles. The van der Waals surface area contributed by atoms with E-state index in [0.717, 1.165) is 30.6 Å². The lowest BCUT2D eigenvalue weighted by Gasteiger charge is -2.27. The quantitative estimate of drug-likeness (QED) is 0.0531. The zero-order valence-electron chi connectivity index (χ0n) is 42.1. The van der Waals surface area contributed by atoms with Gasteiger partial charge in [-0.05, 0) is 37.8 Å². The van der Waals surface area contributed by atoms with E-state index in [1.807, 2.05) is 0 Å². The number of carbonyl (C=O) groups excluding carboxylic acids is 6. The Bertz CT molecular complexity index is 1640. The predicted molar refractivity (Wildman–Crippen MR) is 258 cm³/mol. The van der Waals surface area contributed by atoms with Crippen LogP contribution in [0, 0.1) is 0 Å². The fourth-order valence-corrected chi connectivity index (χ4v) is 7.14. The Morgan fingerprint density at radius 2 is 0.944 bits per heavy atom. The molecule has 21 heteroatoms. The van der Waals surface area contributed by atoms with Crippen molar-refractivity contribution in [2.24, 2.45) is 0 Å². The van der Waals surface area contributed by atoms with E-state index in [0.29, 0.717) is 158 Å². The van der Waals surface area contributed by atoms with Crippen molar-refractivity contribution in [1.29, 1.82) is 0 Å². The molecule has 2 aliphatic heterocycles. The van der Waals surface area contributed by atoms with E-state index < -0.39 is 29.7 Å². The monoisotopic (exact) mass is 1010 g/mol. The first-order valence-corrected chi connectivity index (χ1v) is 25.5. The van der Waals surface area contributed by atoms with Gasteiger partial charge in [-0.3, -0.25) is 39.0 Å². The third-order valence-corrected chi connectivity index (χ3v) is 10.9. The van der Waals surface area contributed by atoms with Gasteiger partial charge in [0.05, 0.1) is 156 Å². The number of fused-ring (bicyclic) bond motifs is 1. The van der Waals surface area contributed by atoms with Crippen molar-refractivity contribution < 1.29 is 85.6 Å². The summed E-state index contributed by atoms with van der Waals surface area (Å²) in [4.78, 5) is 75.4. The number of hydrogen-bond acceptors (Lipinski definition) is 18. The lowest BCUT2D eigenvalue weighted by Crippen LogP contribution is -2.54. The van der Waals surface area contributed by atoms with Crippen LogP contribution in [0.1, 0.15) is 111 Å². The summed E-state index contributed by atoms with van der Waals surface area (Å²) in [6, 6.07) is 3.52. The normalized spacial score (nSPS) is 14.6. The molecular formula is C50H81N3O18. The Morgan fingerprint density at radius 3 is 1.42 bits per heavy atom. The molecule has 2 heterocycles. The van der Waals surface area contributed by atoms with Crippen LogP contribution < -0.4 is 10.6 Å². The molecule has 71 heavy (non-hydrogen) atoms. The molecule has 1 unspecified atom stereocenters. The highest BCUT2D eigenvalue weighted by molar-refractivity contribution is 6.26. The Labute approximate surface area is 419 Å². The van der Waals surface area contributed by atoms with E-state index in [4.69, 9.17) is 56.8 Å². The molecule has 1 fully saturated rings. The molecule has 2 N–H and O–H groups in total. The maximum absolute atomic E-state index is 13.2. The van der Waals surface area contributed by atoms with Gasteiger partial charge in [0.1, 0.15) is 12.6 Å². The van der Waals surface area contributed by atoms with Crippen molar-refractivity contribution in [3.8, 4) is 0 Å². The molecule has 1 saturated heterocycles. The molecule has 3 rings (SSSR count). The smallest absolute Gasteiger partial charge is 0.305 e. The number of ether oxygens (including phenoxy) is 12. The summed E-state index contributed by atoms with van der Waals surface area (Å²) in [5, 5.41) is 4.91. The highest BCUT2D eigenvalue weighted by Crippen LogP contribution is 2.32. The van der Waals surface area contributed by atoms with Crippen LogP contribution in [0.3, 0.4) is 0 Å². The van der Waals surface area contributed by atoms with Crippen molar-refractivity contribution in [2.75, 3.05) is 157 Å². The van der Waals surface area contributed by atoms with Gasteiger partial charge < -0.3 is 62.2 Å². The Kier molecular flexibility index (Phi) is 35.8. The van der Waals surface area contributed by atoms with Gasteiger partial charge in [-0.15, -0.1) is 0 Å². The van der Waals surface area contributed by atoms with Crippen molar-refractivity contribution >= 4 is 41.2 Å². The van der Waals surface area contributed by atoms with Crippen molar-refractivity contribution in [1.82, 2.24) is 10.2 Å². The van der Waals surface area contributed by atoms with Crippen LogP contribution in [0.4, 0.5) is 5.69 Å². The summed E-state index contributed by atoms with van der Waals surface area (Å²) in [5.74, 6) is -2.89. The van der Waals surface area contributed by atoms with Crippen LogP contribution in [0.5, 0.6) is 0 Å². The third kappa shape index (κ3) is 28.7. The highest BCUT2D eigenvalue weighted by Gasteiger charge is 2.45. The number of anilines is 1. The zero-order valence-corrected chi connectivity index (χ0v) is 42.1. The van der Waals surface area contributed by atoms with Crippen molar-refractivity contribution in [3.05, 3.63) is 29.3 Å². The average molecular weight is 1010 g/mol. The van der Waals surface area contributed by atoms with Gasteiger partial charge in [0.25, 0.3) is 11.8 Å². The summed E-state index contributed by atoms with van der Waals surface area (Å²) in [6.45, 7) is 12.5. The summed E-state index contributed by atoms with van der Waals surface area (Å²) in [6.07, 6.45) is 9.76. The Balaban J connectivity index is 0.949. The predicted octanol–water partition coefficient (Wildman–Crippen LogP) is 4.06. The number of amides is 5. The van der Waals surface area contributed by atoms with Crippen LogP contribution in [0.15, 0.2) is 18.2 Å².